The van der Waals surface area contributed by atoms with Crippen molar-refractivity contribution in [3.8, 4) is 0 Å². The number of hydrogen-bond donors (Lipinski definition) is 1. The summed E-state index contributed by atoms with van der Waals surface area (Å²) >= 11 is 0. The Morgan fingerprint density at radius 3 is 2.42 bits per heavy atom. The Morgan fingerprint density at radius 2 is 1.83 bits per heavy atom. The zero-order chi connectivity index (χ0) is 18.2. The molecule has 0 amide bonds. The third kappa shape index (κ3) is 3.16. The summed E-state index contributed by atoms with van der Waals surface area (Å²) in [6, 6.07) is 0. The molecule has 1 N–H and O–H groups in total. The van der Waals surface area contributed by atoms with Crippen molar-refractivity contribution in [1.82, 2.24) is 4.90 Å². The summed E-state index contributed by atoms with van der Waals surface area (Å²) in [5.74, 6) is -7.74. The molecule has 24 heavy (non-hydrogen) atoms. The van der Waals surface area contributed by atoms with Crippen LogP contribution in [0.15, 0.2) is 12.2 Å². The summed E-state index contributed by atoms with van der Waals surface area (Å²) in [5, 5.41) is 10.4. The minimum atomic E-state index is -1.97. The van der Waals surface area contributed by atoms with Crippen LogP contribution in [0.3, 0.4) is 0 Å². The zero-order valence-electron chi connectivity index (χ0n) is 13.3. The van der Waals surface area contributed by atoms with Crippen molar-refractivity contribution in [2.24, 2.45) is 0 Å². The van der Waals surface area contributed by atoms with Crippen LogP contribution in [0.5, 0.6) is 0 Å². The fourth-order valence-corrected chi connectivity index (χ4v) is 2.86. The fourth-order valence-electron chi connectivity index (χ4n) is 2.86. The van der Waals surface area contributed by atoms with Gasteiger partial charge in [0.25, 0.3) is 0 Å². The molecule has 8 heteroatoms. The summed E-state index contributed by atoms with van der Waals surface area (Å²) in [5.41, 5.74) is -3.03. The second kappa shape index (κ2) is 6.52. The highest BCUT2D eigenvalue weighted by Gasteiger charge is 2.41. The standard InChI is InChI=1S/C16H17F4NO3/c1-4-24-15(22)8(2)5-21-6-9-10(16(3,23)7-21)12(18)14(20)13(19)11(9)17/h23H,2,4-7H2,1,3H3. The number of nitrogens with zero attached hydrogens (tertiary/aromatic N) is 1. The van der Waals surface area contributed by atoms with Gasteiger partial charge in [0.15, 0.2) is 23.3 Å². The van der Waals surface area contributed by atoms with Crippen LogP contribution in [-0.4, -0.2) is 35.7 Å². The Hall–Kier alpha value is -1.93. The maximum absolute atomic E-state index is 14.0. The molecule has 1 aliphatic rings. The molecule has 2 rings (SSSR count). The largest absolute Gasteiger partial charge is 0.463 e. The van der Waals surface area contributed by atoms with Crippen molar-refractivity contribution in [2.45, 2.75) is 26.0 Å². The lowest BCUT2D eigenvalue weighted by molar-refractivity contribution is -0.139. The normalized spacial score (nSPS) is 20.6. The van der Waals surface area contributed by atoms with E-state index in [4.69, 9.17) is 4.74 Å². The smallest absolute Gasteiger partial charge is 0.334 e. The zero-order valence-corrected chi connectivity index (χ0v) is 13.3. The molecule has 0 radical (unpaired) electrons. The van der Waals surface area contributed by atoms with Crippen LogP contribution >= 0.6 is 0 Å². The van der Waals surface area contributed by atoms with E-state index in [1.807, 2.05) is 0 Å². The van der Waals surface area contributed by atoms with Crippen molar-refractivity contribution in [2.75, 3.05) is 19.7 Å². The minimum Gasteiger partial charge on any atom is -0.463 e. The van der Waals surface area contributed by atoms with Crippen molar-refractivity contribution in [1.29, 1.82) is 0 Å². The van der Waals surface area contributed by atoms with Crippen LogP contribution in [0.1, 0.15) is 25.0 Å². The SMILES string of the molecule is C=C(CN1Cc2c(F)c(F)c(F)c(F)c2C(C)(O)C1)C(=O)OCC. The first-order valence-electron chi connectivity index (χ1n) is 7.25. The maximum atomic E-state index is 14.0. The van der Waals surface area contributed by atoms with Crippen LogP contribution in [0.25, 0.3) is 0 Å². The molecule has 0 fully saturated rings. The van der Waals surface area contributed by atoms with Gasteiger partial charge < -0.3 is 9.84 Å². The van der Waals surface area contributed by atoms with Gasteiger partial charge >= 0.3 is 5.97 Å². The number of ether oxygens (including phenoxy) is 1. The van der Waals surface area contributed by atoms with Crippen LogP contribution < -0.4 is 0 Å². The molecule has 0 aliphatic carbocycles. The molecule has 0 saturated heterocycles. The van der Waals surface area contributed by atoms with Crippen molar-refractivity contribution in [3.63, 3.8) is 0 Å². The Morgan fingerprint density at radius 1 is 1.25 bits per heavy atom. The molecule has 0 aromatic heterocycles. The van der Waals surface area contributed by atoms with E-state index in [9.17, 15) is 27.5 Å². The molecule has 1 atom stereocenters. The van der Waals surface area contributed by atoms with Crippen molar-refractivity contribution >= 4 is 5.97 Å². The molecule has 1 unspecified atom stereocenters. The number of β-amino-alcohol motifs (C(OH)–C–C–N with tert-alkyl or cyclic N) is 1. The van der Waals surface area contributed by atoms with E-state index < -0.39 is 46.0 Å². The summed E-state index contributed by atoms with van der Waals surface area (Å²) in [7, 11) is 0. The molecule has 1 aliphatic heterocycles. The summed E-state index contributed by atoms with van der Waals surface area (Å²) in [6.07, 6.45) is 0. The number of carbonyl (C=O) groups is 1. The van der Waals surface area contributed by atoms with Crippen LogP contribution in [0.4, 0.5) is 17.6 Å². The Kier molecular flexibility index (Phi) is 5.00. The summed E-state index contributed by atoms with van der Waals surface area (Å²) in [4.78, 5) is 13.0. The first kappa shape index (κ1) is 18.4. The maximum Gasteiger partial charge on any atom is 0.334 e. The predicted molar refractivity (Wildman–Crippen MR) is 76.9 cm³/mol. The Labute approximate surface area is 136 Å². The van der Waals surface area contributed by atoms with E-state index in [0.717, 1.165) is 6.92 Å². The van der Waals surface area contributed by atoms with Gasteiger partial charge in [-0.2, -0.15) is 0 Å². The lowest BCUT2D eigenvalue weighted by atomic mass is 9.85. The first-order valence-corrected chi connectivity index (χ1v) is 7.25. The first-order chi connectivity index (χ1) is 11.1. The molecule has 0 spiro atoms. The van der Waals surface area contributed by atoms with Crippen LogP contribution in [0, 0.1) is 23.3 Å². The molecule has 1 heterocycles. The highest BCUT2D eigenvalue weighted by Crippen LogP contribution is 2.37. The molecular formula is C16H17F4NO3. The quantitative estimate of drug-likeness (QED) is 0.299. The number of halogens is 4. The molecular weight excluding hydrogens is 330 g/mol. The summed E-state index contributed by atoms with van der Waals surface area (Å²) in [6.45, 7) is 5.82. The van der Waals surface area contributed by atoms with Crippen molar-refractivity contribution < 1.29 is 32.2 Å². The second-order valence-corrected chi connectivity index (χ2v) is 5.85. The third-order valence-electron chi connectivity index (χ3n) is 3.79. The van der Waals surface area contributed by atoms with Gasteiger partial charge in [-0.3, -0.25) is 4.90 Å². The third-order valence-corrected chi connectivity index (χ3v) is 3.79. The number of rotatable bonds is 4. The molecule has 4 nitrogen and oxygen atoms in total. The van der Waals surface area contributed by atoms with E-state index in [-0.39, 0.29) is 31.8 Å². The van der Waals surface area contributed by atoms with Gasteiger partial charge in [-0.05, 0) is 13.8 Å². The number of fused-ring (bicyclic) bond motifs is 1. The lowest BCUT2D eigenvalue weighted by Crippen LogP contribution is -2.46. The summed E-state index contributed by atoms with van der Waals surface area (Å²) < 4.78 is 59.7. The minimum absolute atomic E-state index is 0.0413. The predicted octanol–water partition coefficient (Wildman–Crippen LogP) is 2.39. The fraction of sp³-hybridized carbons (Fsp3) is 0.438. The average molecular weight is 347 g/mol. The number of aliphatic hydroxyl groups is 1. The van der Waals surface area contributed by atoms with Gasteiger partial charge in [0.05, 0.1) is 6.61 Å². The number of esters is 1. The second-order valence-electron chi connectivity index (χ2n) is 5.85. The van der Waals surface area contributed by atoms with E-state index in [1.165, 1.54) is 4.90 Å². The topological polar surface area (TPSA) is 49.8 Å². The Bertz CT molecular complexity index is 703. The van der Waals surface area contributed by atoms with Crippen LogP contribution in [0.2, 0.25) is 0 Å². The highest BCUT2D eigenvalue weighted by molar-refractivity contribution is 5.88. The van der Waals surface area contributed by atoms with E-state index in [0.29, 0.717) is 0 Å². The molecule has 1 aromatic rings. The van der Waals surface area contributed by atoms with Gasteiger partial charge in [-0.25, -0.2) is 22.4 Å². The number of carbonyl (C=O) groups excluding carboxylic acids is 1. The highest BCUT2D eigenvalue weighted by atomic mass is 19.2. The molecule has 0 saturated carbocycles. The van der Waals surface area contributed by atoms with E-state index in [1.54, 1.807) is 6.92 Å². The van der Waals surface area contributed by atoms with Gasteiger partial charge in [-0.15, -0.1) is 0 Å². The monoisotopic (exact) mass is 347 g/mol. The van der Waals surface area contributed by atoms with Gasteiger partial charge in [0.1, 0.15) is 5.60 Å². The van der Waals surface area contributed by atoms with Gasteiger partial charge in [0, 0.05) is 36.3 Å². The average Bonchev–Trinajstić information content (AvgIpc) is 2.49. The lowest BCUT2D eigenvalue weighted by Gasteiger charge is -2.39. The molecule has 132 valence electrons. The van der Waals surface area contributed by atoms with Crippen LogP contribution in [-0.2, 0) is 21.7 Å². The number of benzene rings is 1. The van der Waals surface area contributed by atoms with Gasteiger partial charge in [-0.1, -0.05) is 6.58 Å². The molecule has 0 bridgehead atoms. The van der Waals surface area contributed by atoms with Crippen molar-refractivity contribution in [3.05, 3.63) is 46.5 Å². The van der Waals surface area contributed by atoms with Gasteiger partial charge in [0.2, 0.25) is 0 Å². The van der Waals surface area contributed by atoms with E-state index >= 15 is 0 Å². The number of hydrogen-bond acceptors (Lipinski definition) is 4. The Balaban J connectivity index is 2.37. The molecule has 1 aromatic carbocycles. The van der Waals surface area contributed by atoms with E-state index in [2.05, 4.69) is 6.58 Å².